The van der Waals surface area contributed by atoms with E-state index in [9.17, 15) is 13.2 Å². The minimum Gasteiger partial charge on any atom is -0.465 e. The molecule has 0 heterocycles. The summed E-state index contributed by atoms with van der Waals surface area (Å²) in [5.41, 5.74) is -0.389. The van der Waals surface area contributed by atoms with Gasteiger partial charge in [0.05, 0.1) is 18.4 Å². The van der Waals surface area contributed by atoms with Gasteiger partial charge in [-0.3, -0.25) is 4.79 Å². The molecule has 0 saturated heterocycles. The highest BCUT2D eigenvalue weighted by Crippen LogP contribution is 2.49. The summed E-state index contributed by atoms with van der Waals surface area (Å²) >= 11 is 0. The molecule has 0 bridgehead atoms. The molecule has 1 fully saturated rings. The maximum Gasteiger partial charge on any atom is 0.321 e. The molecule has 0 unspecified atom stereocenters. The average Bonchev–Trinajstić information content (AvgIpc) is 2.99. The number of esters is 1. The van der Waals surface area contributed by atoms with E-state index in [-0.39, 0.29) is 24.2 Å². The lowest BCUT2D eigenvalue weighted by atomic mass is 10.1. The molecule has 0 radical (unpaired) electrons. The van der Waals surface area contributed by atoms with Crippen LogP contribution in [0.3, 0.4) is 0 Å². The number of rotatable bonds is 6. The summed E-state index contributed by atoms with van der Waals surface area (Å²) in [5, 5.41) is 8.57. The molecule has 1 saturated carbocycles. The largest absolute Gasteiger partial charge is 0.465 e. The van der Waals surface area contributed by atoms with Crippen molar-refractivity contribution in [3.05, 3.63) is 0 Å². The quantitative estimate of drug-likeness (QED) is 0.689. The molecule has 104 valence electrons. The maximum absolute atomic E-state index is 11.6. The van der Waals surface area contributed by atoms with Gasteiger partial charge in [0.1, 0.15) is 5.75 Å². The second-order valence-electron chi connectivity index (χ2n) is 4.17. The number of sulfone groups is 1. The van der Waals surface area contributed by atoms with Gasteiger partial charge in [-0.2, -0.15) is 5.26 Å². The summed E-state index contributed by atoms with van der Waals surface area (Å²) in [6, 6.07) is 1.99. The Morgan fingerprint density at radius 1 is 1.39 bits per heavy atom. The molecule has 0 atom stereocenters. The van der Waals surface area contributed by atoms with E-state index in [0.717, 1.165) is 12.8 Å². The van der Waals surface area contributed by atoms with Crippen molar-refractivity contribution in [2.45, 2.75) is 40.0 Å². The normalized spacial score (nSPS) is 15.9. The number of nitriles is 1. The van der Waals surface area contributed by atoms with E-state index >= 15 is 0 Å². The summed E-state index contributed by atoms with van der Waals surface area (Å²) in [6.45, 7) is 5.81. The Bertz CT molecular complexity index is 404. The second-order valence-corrected chi connectivity index (χ2v) is 6.24. The first-order valence-electron chi connectivity index (χ1n) is 6.16. The van der Waals surface area contributed by atoms with Gasteiger partial charge >= 0.3 is 5.97 Å². The van der Waals surface area contributed by atoms with Crippen LogP contribution in [0.15, 0.2) is 0 Å². The highest BCUT2D eigenvalue weighted by atomic mass is 32.2. The van der Waals surface area contributed by atoms with Gasteiger partial charge in [0.25, 0.3) is 0 Å². The van der Waals surface area contributed by atoms with Crippen molar-refractivity contribution in [3.63, 3.8) is 0 Å². The fourth-order valence-corrected chi connectivity index (χ4v) is 3.48. The number of hydrogen-bond acceptors (Lipinski definition) is 5. The third-order valence-corrected chi connectivity index (χ3v) is 4.31. The van der Waals surface area contributed by atoms with Crippen LogP contribution in [0.5, 0.6) is 0 Å². The first-order valence-corrected chi connectivity index (χ1v) is 7.98. The lowest BCUT2D eigenvalue weighted by Gasteiger charge is -2.10. The van der Waals surface area contributed by atoms with Crippen LogP contribution in [0.4, 0.5) is 0 Å². The molecular formula is C12H21NO4S. The van der Waals surface area contributed by atoms with E-state index in [2.05, 4.69) is 4.74 Å². The zero-order chi connectivity index (χ0) is 14.2. The number of carbonyl (C=O) groups excluding carboxylic acids is 1. The zero-order valence-electron chi connectivity index (χ0n) is 11.2. The van der Waals surface area contributed by atoms with E-state index in [1.807, 2.05) is 19.9 Å². The molecule has 0 amide bonds. The van der Waals surface area contributed by atoms with Gasteiger partial charge < -0.3 is 4.74 Å². The van der Waals surface area contributed by atoms with Gasteiger partial charge in [0, 0.05) is 6.42 Å². The predicted octanol–water partition coefficient (Wildman–Crippen LogP) is 1.68. The van der Waals surface area contributed by atoms with Crippen molar-refractivity contribution in [2.24, 2.45) is 5.41 Å². The fourth-order valence-electron chi connectivity index (χ4n) is 1.62. The first kappa shape index (κ1) is 16.9. The van der Waals surface area contributed by atoms with E-state index in [0.29, 0.717) is 0 Å². The van der Waals surface area contributed by atoms with E-state index in [4.69, 9.17) is 5.26 Å². The highest BCUT2D eigenvalue weighted by molar-refractivity contribution is 7.92. The van der Waals surface area contributed by atoms with Crippen molar-refractivity contribution < 1.29 is 17.9 Å². The summed E-state index contributed by atoms with van der Waals surface area (Å²) in [5.74, 6) is -1.37. The molecule has 1 rings (SSSR count). The van der Waals surface area contributed by atoms with Gasteiger partial charge in [0.15, 0.2) is 9.84 Å². The smallest absolute Gasteiger partial charge is 0.321 e. The summed E-state index contributed by atoms with van der Waals surface area (Å²) in [6.07, 6.45) is 1.75. The SMILES string of the molecule is CC.CCOC(=O)CS(=O)(=O)CC1(CC#N)CC1. The van der Waals surface area contributed by atoms with Crippen LogP contribution < -0.4 is 0 Å². The monoisotopic (exact) mass is 275 g/mol. The molecule has 1 aliphatic carbocycles. The zero-order valence-corrected chi connectivity index (χ0v) is 12.0. The third kappa shape index (κ3) is 6.01. The summed E-state index contributed by atoms with van der Waals surface area (Å²) in [4.78, 5) is 11.1. The van der Waals surface area contributed by atoms with Crippen LogP contribution in [0.2, 0.25) is 0 Å². The minimum absolute atomic E-state index is 0.0770. The Kier molecular flexibility index (Phi) is 6.92. The Labute approximate surface area is 109 Å². The molecule has 0 spiro atoms. The molecule has 0 N–H and O–H groups in total. The third-order valence-electron chi connectivity index (χ3n) is 2.58. The van der Waals surface area contributed by atoms with Crippen LogP contribution in [0.1, 0.15) is 40.0 Å². The second kappa shape index (κ2) is 7.37. The van der Waals surface area contributed by atoms with Crippen molar-refractivity contribution in [1.82, 2.24) is 0 Å². The van der Waals surface area contributed by atoms with Crippen molar-refractivity contribution in [2.75, 3.05) is 18.1 Å². The Morgan fingerprint density at radius 3 is 2.33 bits per heavy atom. The van der Waals surface area contributed by atoms with Gasteiger partial charge in [-0.05, 0) is 25.2 Å². The topological polar surface area (TPSA) is 84.2 Å². The number of ether oxygens (including phenoxy) is 1. The molecule has 0 aromatic heterocycles. The molecule has 0 aromatic rings. The number of nitrogens with zero attached hydrogens (tertiary/aromatic N) is 1. The number of carbonyl (C=O) groups is 1. The van der Waals surface area contributed by atoms with Crippen LogP contribution in [0, 0.1) is 16.7 Å². The Hall–Kier alpha value is -1.09. The van der Waals surface area contributed by atoms with E-state index in [1.54, 1.807) is 6.92 Å². The lowest BCUT2D eigenvalue weighted by Crippen LogP contribution is -2.25. The van der Waals surface area contributed by atoms with Crippen molar-refractivity contribution in [1.29, 1.82) is 5.26 Å². The van der Waals surface area contributed by atoms with E-state index in [1.165, 1.54) is 0 Å². The Balaban J connectivity index is 0.00000137. The van der Waals surface area contributed by atoms with Crippen molar-refractivity contribution in [3.8, 4) is 6.07 Å². The van der Waals surface area contributed by atoms with Gasteiger partial charge in [0.2, 0.25) is 0 Å². The average molecular weight is 275 g/mol. The molecule has 1 aliphatic rings. The van der Waals surface area contributed by atoms with Gasteiger partial charge in [-0.1, -0.05) is 13.8 Å². The molecule has 0 aliphatic heterocycles. The summed E-state index contributed by atoms with van der Waals surface area (Å²) in [7, 11) is -3.45. The molecule has 5 nitrogen and oxygen atoms in total. The van der Waals surface area contributed by atoms with Crippen LogP contribution in [-0.4, -0.2) is 32.5 Å². The lowest BCUT2D eigenvalue weighted by molar-refractivity contribution is -0.139. The predicted molar refractivity (Wildman–Crippen MR) is 68.5 cm³/mol. The molecule has 6 heteroatoms. The van der Waals surface area contributed by atoms with Crippen LogP contribution >= 0.6 is 0 Å². The Morgan fingerprint density at radius 2 is 1.94 bits per heavy atom. The molecule has 18 heavy (non-hydrogen) atoms. The first-order chi connectivity index (χ1) is 8.43. The maximum atomic E-state index is 11.6. The van der Waals surface area contributed by atoms with E-state index < -0.39 is 21.6 Å². The molecular weight excluding hydrogens is 254 g/mol. The van der Waals surface area contributed by atoms with Crippen LogP contribution in [0.25, 0.3) is 0 Å². The summed E-state index contributed by atoms with van der Waals surface area (Å²) < 4.78 is 27.9. The minimum atomic E-state index is -3.45. The molecule has 0 aromatic carbocycles. The standard InChI is InChI=1S/C10H15NO4S.C2H6/c1-2-15-9(12)7-16(13,14)8-10(3-4-10)5-6-11;1-2/h2-5,7-8H2,1H3;1-2H3. The number of hydrogen-bond donors (Lipinski definition) is 0. The highest BCUT2D eigenvalue weighted by Gasteiger charge is 2.46. The van der Waals surface area contributed by atoms with Crippen molar-refractivity contribution >= 4 is 15.8 Å². The fraction of sp³-hybridized carbons (Fsp3) is 0.833. The van der Waals surface area contributed by atoms with Gasteiger partial charge in [-0.15, -0.1) is 0 Å². The van der Waals surface area contributed by atoms with Crippen LogP contribution in [-0.2, 0) is 19.4 Å². The van der Waals surface area contributed by atoms with Gasteiger partial charge in [-0.25, -0.2) is 8.42 Å².